The molecule has 0 saturated carbocycles. The van der Waals surface area contributed by atoms with Crippen molar-refractivity contribution in [2.75, 3.05) is 19.0 Å². The van der Waals surface area contributed by atoms with Gasteiger partial charge in [-0.2, -0.15) is 13.2 Å². The van der Waals surface area contributed by atoms with Gasteiger partial charge in [0.05, 0.1) is 12.2 Å². The maximum Gasteiger partial charge on any atom is 0.416 e. The van der Waals surface area contributed by atoms with Crippen LogP contribution in [0, 0.1) is 0 Å². The molecule has 0 aliphatic carbocycles. The first-order chi connectivity index (χ1) is 7.84. The molecule has 1 aromatic carbocycles. The number of anilines is 1. The number of alkyl halides is 3. The van der Waals surface area contributed by atoms with E-state index in [-0.39, 0.29) is 6.04 Å². The molecule has 0 fully saturated rings. The first-order valence-electron chi connectivity index (χ1n) is 4.97. The molecule has 1 atom stereocenters. The number of rotatable bonds is 4. The molecule has 0 spiro atoms. The van der Waals surface area contributed by atoms with Crippen molar-refractivity contribution in [3.63, 3.8) is 0 Å². The fourth-order valence-electron chi connectivity index (χ4n) is 1.37. The molecule has 0 aliphatic rings. The van der Waals surface area contributed by atoms with E-state index in [9.17, 15) is 13.2 Å². The molecule has 1 N–H and O–H groups in total. The van der Waals surface area contributed by atoms with Gasteiger partial charge in [-0.1, -0.05) is 0 Å². The Labute approximate surface area is 106 Å². The van der Waals surface area contributed by atoms with Crippen molar-refractivity contribution in [3.05, 3.63) is 28.2 Å². The average molecular weight is 312 g/mol. The van der Waals surface area contributed by atoms with Gasteiger partial charge in [0, 0.05) is 23.3 Å². The van der Waals surface area contributed by atoms with Crippen LogP contribution >= 0.6 is 15.9 Å². The lowest BCUT2D eigenvalue weighted by atomic mass is 10.2. The van der Waals surface area contributed by atoms with E-state index in [0.717, 1.165) is 12.1 Å². The maximum absolute atomic E-state index is 12.5. The van der Waals surface area contributed by atoms with Crippen molar-refractivity contribution < 1.29 is 17.9 Å². The maximum atomic E-state index is 12.5. The van der Waals surface area contributed by atoms with Crippen molar-refractivity contribution in [2.45, 2.75) is 19.1 Å². The Hall–Kier alpha value is -0.750. The van der Waals surface area contributed by atoms with Gasteiger partial charge in [-0.15, -0.1) is 0 Å². The van der Waals surface area contributed by atoms with Gasteiger partial charge < -0.3 is 10.1 Å². The minimum atomic E-state index is -4.33. The van der Waals surface area contributed by atoms with Crippen molar-refractivity contribution in [3.8, 4) is 0 Å². The lowest BCUT2D eigenvalue weighted by Gasteiger charge is -2.17. The van der Waals surface area contributed by atoms with Crippen LogP contribution in [0.1, 0.15) is 12.5 Å². The lowest BCUT2D eigenvalue weighted by molar-refractivity contribution is -0.137. The SMILES string of the molecule is COCC(C)Nc1cc(C(F)(F)F)ccc1Br. The predicted octanol–water partition coefficient (Wildman–Crippen LogP) is 3.91. The average Bonchev–Trinajstić information content (AvgIpc) is 2.20. The van der Waals surface area contributed by atoms with Crippen molar-refractivity contribution in [1.82, 2.24) is 0 Å². The highest BCUT2D eigenvalue weighted by molar-refractivity contribution is 9.10. The Balaban J connectivity index is 2.91. The summed E-state index contributed by atoms with van der Waals surface area (Å²) in [5.41, 5.74) is -0.266. The van der Waals surface area contributed by atoms with Gasteiger partial charge in [-0.25, -0.2) is 0 Å². The van der Waals surface area contributed by atoms with E-state index in [4.69, 9.17) is 4.74 Å². The molecule has 1 rings (SSSR count). The zero-order valence-corrected chi connectivity index (χ0v) is 11.0. The molecule has 1 aromatic rings. The lowest BCUT2D eigenvalue weighted by Crippen LogP contribution is -2.21. The van der Waals surface area contributed by atoms with E-state index < -0.39 is 11.7 Å². The molecule has 6 heteroatoms. The second-order valence-corrected chi connectivity index (χ2v) is 4.55. The van der Waals surface area contributed by atoms with Gasteiger partial charge in [0.1, 0.15) is 0 Å². The summed E-state index contributed by atoms with van der Waals surface area (Å²) in [6.07, 6.45) is -4.33. The summed E-state index contributed by atoms with van der Waals surface area (Å²) in [5.74, 6) is 0. The second-order valence-electron chi connectivity index (χ2n) is 3.69. The summed E-state index contributed by atoms with van der Waals surface area (Å²) in [6, 6.07) is 3.43. The molecule has 0 amide bonds. The van der Waals surface area contributed by atoms with Crippen LogP contribution in [-0.2, 0) is 10.9 Å². The van der Waals surface area contributed by atoms with Gasteiger partial charge >= 0.3 is 6.18 Å². The first-order valence-corrected chi connectivity index (χ1v) is 5.76. The molecule has 0 aliphatic heterocycles. The van der Waals surface area contributed by atoms with Crippen LogP contribution in [0.5, 0.6) is 0 Å². The smallest absolute Gasteiger partial charge is 0.383 e. The molecule has 96 valence electrons. The van der Waals surface area contributed by atoms with Crippen LogP contribution in [0.3, 0.4) is 0 Å². The molecular formula is C11H13BrF3NO. The number of ether oxygens (including phenoxy) is 1. The van der Waals surface area contributed by atoms with Crippen LogP contribution in [0.25, 0.3) is 0 Å². The number of hydrogen-bond acceptors (Lipinski definition) is 2. The summed E-state index contributed by atoms with van der Waals surface area (Å²) in [4.78, 5) is 0. The topological polar surface area (TPSA) is 21.3 Å². The Morgan fingerprint density at radius 1 is 1.41 bits per heavy atom. The Kier molecular flexibility index (Phi) is 4.82. The van der Waals surface area contributed by atoms with Crippen LogP contribution in [0.4, 0.5) is 18.9 Å². The quantitative estimate of drug-likeness (QED) is 0.910. The molecule has 0 bridgehead atoms. The number of hydrogen-bond donors (Lipinski definition) is 1. The molecular weight excluding hydrogens is 299 g/mol. The third-order valence-electron chi connectivity index (χ3n) is 2.11. The molecule has 0 aromatic heterocycles. The van der Waals surface area contributed by atoms with E-state index in [0.29, 0.717) is 16.8 Å². The van der Waals surface area contributed by atoms with E-state index >= 15 is 0 Å². The normalized spacial score (nSPS) is 13.5. The van der Waals surface area contributed by atoms with E-state index in [1.807, 2.05) is 6.92 Å². The summed E-state index contributed by atoms with van der Waals surface area (Å²) < 4.78 is 43.1. The molecule has 0 radical (unpaired) electrons. The van der Waals surface area contributed by atoms with Gasteiger partial charge in [-0.3, -0.25) is 0 Å². The second kappa shape index (κ2) is 5.73. The molecule has 1 unspecified atom stereocenters. The third kappa shape index (κ3) is 4.20. The largest absolute Gasteiger partial charge is 0.416 e. The molecule has 17 heavy (non-hydrogen) atoms. The van der Waals surface area contributed by atoms with Gasteiger partial charge in [0.15, 0.2) is 0 Å². The fourth-order valence-corrected chi connectivity index (χ4v) is 1.73. The summed E-state index contributed by atoms with van der Waals surface area (Å²) >= 11 is 3.21. The minimum Gasteiger partial charge on any atom is -0.383 e. The summed E-state index contributed by atoms with van der Waals surface area (Å²) in [6.45, 7) is 2.25. The number of benzene rings is 1. The first kappa shape index (κ1) is 14.3. The third-order valence-corrected chi connectivity index (χ3v) is 2.80. The zero-order chi connectivity index (χ0) is 13.1. The number of methoxy groups -OCH3 is 1. The molecule has 0 heterocycles. The van der Waals surface area contributed by atoms with Gasteiger partial charge in [0.2, 0.25) is 0 Å². The van der Waals surface area contributed by atoms with Crippen LogP contribution in [-0.4, -0.2) is 19.8 Å². The zero-order valence-electron chi connectivity index (χ0n) is 9.44. The Bertz CT molecular complexity index is 381. The molecule has 2 nitrogen and oxygen atoms in total. The highest BCUT2D eigenvalue weighted by Gasteiger charge is 2.30. The minimum absolute atomic E-state index is 0.0696. The highest BCUT2D eigenvalue weighted by Crippen LogP contribution is 2.34. The number of nitrogens with one attached hydrogen (secondary N) is 1. The van der Waals surface area contributed by atoms with Gasteiger partial charge in [-0.05, 0) is 41.1 Å². The van der Waals surface area contributed by atoms with E-state index in [1.165, 1.54) is 6.07 Å². The van der Waals surface area contributed by atoms with Crippen LogP contribution in [0.2, 0.25) is 0 Å². The standard InChI is InChI=1S/C11H13BrF3NO/c1-7(6-17-2)16-10-5-8(11(13,14)15)3-4-9(10)12/h3-5,7,16H,6H2,1-2H3. The highest BCUT2D eigenvalue weighted by atomic mass is 79.9. The van der Waals surface area contributed by atoms with Crippen molar-refractivity contribution in [2.24, 2.45) is 0 Å². The number of halogens is 4. The van der Waals surface area contributed by atoms with Crippen molar-refractivity contribution in [1.29, 1.82) is 0 Å². The van der Waals surface area contributed by atoms with Crippen LogP contribution in [0.15, 0.2) is 22.7 Å². The summed E-state index contributed by atoms with van der Waals surface area (Å²) in [5, 5.41) is 2.95. The van der Waals surface area contributed by atoms with E-state index in [2.05, 4.69) is 21.2 Å². The summed E-state index contributed by atoms with van der Waals surface area (Å²) in [7, 11) is 1.54. The Morgan fingerprint density at radius 3 is 2.59 bits per heavy atom. The Morgan fingerprint density at radius 2 is 2.06 bits per heavy atom. The van der Waals surface area contributed by atoms with E-state index in [1.54, 1.807) is 7.11 Å². The molecule has 0 saturated heterocycles. The van der Waals surface area contributed by atoms with Crippen molar-refractivity contribution >= 4 is 21.6 Å². The monoisotopic (exact) mass is 311 g/mol. The fraction of sp³-hybridized carbons (Fsp3) is 0.455. The van der Waals surface area contributed by atoms with Crippen LogP contribution < -0.4 is 5.32 Å². The van der Waals surface area contributed by atoms with Gasteiger partial charge in [0.25, 0.3) is 0 Å². The predicted molar refractivity (Wildman–Crippen MR) is 64.1 cm³/mol.